The van der Waals surface area contributed by atoms with Gasteiger partial charge in [0.25, 0.3) is 0 Å². The fourth-order valence-electron chi connectivity index (χ4n) is 3.27. The maximum Gasteiger partial charge on any atom is 0.347 e. The van der Waals surface area contributed by atoms with Crippen molar-refractivity contribution in [1.29, 1.82) is 0 Å². The lowest BCUT2D eigenvalue weighted by atomic mass is 9.89. The van der Waals surface area contributed by atoms with Crippen molar-refractivity contribution in [2.75, 3.05) is 14.2 Å². The van der Waals surface area contributed by atoms with Gasteiger partial charge in [0.2, 0.25) is 0 Å². The molecule has 0 radical (unpaired) electrons. The van der Waals surface area contributed by atoms with Crippen LogP contribution in [0.1, 0.15) is 20.7 Å². The molecule has 0 N–H and O–H groups in total. The third kappa shape index (κ3) is 2.16. The van der Waals surface area contributed by atoms with Crippen molar-refractivity contribution in [1.82, 2.24) is 0 Å². The minimum atomic E-state index is -0.649. The molecule has 3 aromatic rings. The van der Waals surface area contributed by atoms with Gasteiger partial charge in [-0.25, -0.2) is 9.59 Å². The molecule has 0 saturated carbocycles. The first-order chi connectivity index (χ1) is 12.2. The number of benzene rings is 3. The summed E-state index contributed by atoms with van der Waals surface area (Å²) in [5.74, 6) is -0.0784. The van der Waals surface area contributed by atoms with Crippen LogP contribution in [0.4, 0.5) is 0 Å². The van der Waals surface area contributed by atoms with Crippen LogP contribution >= 0.6 is 0 Å². The van der Waals surface area contributed by atoms with Gasteiger partial charge < -0.3 is 14.2 Å². The first-order valence-electron chi connectivity index (χ1n) is 7.69. The van der Waals surface area contributed by atoms with Crippen molar-refractivity contribution in [3.63, 3.8) is 0 Å². The lowest BCUT2D eigenvalue weighted by molar-refractivity contribution is 0.0444. The molecule has 0 aliphatic carbocycles. The number of hydrogen-bond acceptors (Lipinski definition) is 5. The zero-order valence-corrected chi connectivity index (χ0v) is 13.7. The predicted octanol–water partition coefficient (Wildman–Crippen LogP) is 3.83. The van der Waals surface area contributed by atoms with Gasteiger partial charge in [-0.15, -0.1) is 0 Å². The average Bonchev–Trinajstić information content (AvgIpc) is 2.93. The zero-order chi connectivity index (χ0) is 17.6. The number of hydrogen-bond donors (Lipinski definition) is 0. The van der Waals surface area contributed by atoms with Gasteiger partial charge in [0.1, 0.15) is 11.5 Å². The van der Waals surface area contributed by atoms with E-state index in [-0.39, 0.29) is 11.1 Å². The normalized spacial score (nSPS) is 12.9. The summed E-state index contributed by atoms with van der Waals surface area (Å²) in [5, 5.41) is 1.52. The van der Waals surface area contributed by atoms with Crippen LogP contribution in [0, 0.1) is 0 Å². The number of para-hydroxylation sites is 1. The Hall–Kier alpha value is -3.34. The molecule has 0 saturated heterocycles. The number of fused-ring (bicyclic) bond motifs is 2. The smallest absolute Gasteiger partial charge is 0.347 e. The van der Waals surface area contributed by atoms with Crippen LogP contribution in [0.2, 0.25) is 0 Å². The first kappa shape index (κ1) is 15.2. The van der Waals surface area contributed by atoms with Gasteiger partial charge in [-0.3, -0.25) is 0 Å². The summed E-state index contributed by atoms with van der Waals surface area (Å²) in [6, 6.07) is 14.5. The molecule has 3 aromatic carbocycles. The Balaban J connectivity index is 2.21. The zero-order valence-electron chi connectivity index (χ0n) is 13.7. The summed E-state index contributed by atoms with van der Waals surface area (Å²) in [6.45, 7) is 0. The molecule has 0 amide bonds. The van der Waals surface area contributed by atoms with E-state index in [1.165, 1.54) is 0 Å². The summed E-state index contributed by atoms with van der Waals surface area (Å²) < 4.78 is 15.7. The summed E-state index contributed by atoms with van der Waals surface area (Å²) in [7, 11) is 3.13. The van der Waals surface area contributed by atoms with E-state index < -0.39 is 11.9 Å². The van der Waals surface area contributed by atoms with E-state index in [1.54, 1.807) is 20.3 Å². The maximum absolute atomic E-state index is 12.4. The molecule has 4 rings (SSSR count). The van der Waals surface area contributed by atoms with Gasteiger partial charge in [-0.1, -0.05) is 30.3 Å². The molecule has 0 atom stereocenters. The highest BCUT2D eigenvalue weighted by Gasteiger charge is 2.35. The van der Waals surface area contributed by atoms with E-state index >= 15 is 0 Å². The molecule has 1 aliphatic heterocycles. The summed E-state index contributed by atoms with van der Waals surface area (Å²) in [6.07, 6.45) is 0. The lowest BCUT2D eigenvalue weighted by Gasteiger charge is -2.15. The van der Waals surface area contributed by atoms with E-state index in [0.29, 0.717) is 22.6 Å². The Bertz CT molecular complexity index is 1040. The quantitative estimate of drug-likeness (QED) is 0.538. The molecule has 5 heteroatoms. The second-order valence-corrected chi connectivity index (χ2v) is 5.61. The maximum atomic E-state index is 12.4. The van der Waals surface area contributed by atoms with E-state index in [4.69, 9.17) is 14.2 Å². The van der Waals surface area contributed by atoms with Crippen molar-refractivity contribution in [2.45, 2.75) is 0 Å². The van der Waals surface area contributed by atoms with Crippen molar-refractivity contribution >= 4 is 22.7 Å². The third-order valence-corrected chi connectivity index (χ3v) is 4.35. The highest BCUT2D eigenvalue weighted by molar-refractivity contribution is 6.23. The Kier molecular flexibility index (Phi) is 3.42. The molecule has 1 aliphatic rings. The Labute approximate surface area is 143 Å². The van der Waals surface area contributed by atoms with E-state index in [0.717, 1.165) is 10.8 Å². The number of esters is 2. The van der Waals surface area contributed by atoms with Crippen molar-refractivity contribution in [2.24, 2.45) is 0 Å². The summed E-state index contributed by atoms with van der Waals surface area (Å²) in [5.41, 5.74) is 1.82. The second-order valence-electron chi connectivity index (χ2n) is 5.61. The summed E-state index contributed by atoms with van der Waals surface area (Å²) >= 11 is 0. The SMILES string of the molecule is COc1ccccc1-c1c2c(cc3c(OC)cccc13)C(=O)OC2=O. The van der Waals surface area contributed by atoms with Gasteiger partial charge in [-0.2, -0.15) is 0 Å². The number of carbonyl (C=O) groups excluding carboxylic acids is 2. The summed E-state index contributed by atoms with van der Waals surface area (Å²) in [4.78, 5) is 24.5. The molecule has 25 heavy (non-hydrogen) atoms. The van der Waals surface area contributed by atoms with Crippen LogP contribution in [-0.4, -0.2) is 26.2 Å². The third-order valence-electron chi connectivity index (χ3n) is 4.35. The van der Waals surface area contributed by atoms with Gasteiger partial charge in [0, 0.05) is 16.5 Å². The standard InChI is InChI=1S/C20H14O5/c1-23-15-8-4-3-6-12(15)17-11-7-5-9-16(24-2)13(11)10-14-18(17)20(22)25-19(14)21/h3-10H,1-2H3. The Morgan fingerprint density at radius 2 is 1.44 bits per heavy atom. The van der Waals surface area contributed by atoms with E-state index in [1.807, 2.05) is 42.5 Å². The molecule has 0 aromatic heterocycles. The molecule has 1 heterocycles. The minimum Gasteiger partial charge on any atom is -0.496 e. The highest BCUT2D eigenvalue weighted by Crippen LogP contribution is 2.43. The van der Waals surface area contributed by atoms with Gasteiger partial charge in [0.05, 0.1) is 25.3 Å². The average molecular weight is 334 g/mol. The van der Waals surface area contributed by atoms with Gasteiger partial charge >= 0.3 is 11.9 Å². The fraction of sp³-hybridized carbons (Fsp3) is 0.100. The molecular weight excluding hydrogens is 320 g/mol. The van der Waals surface area contributed by atoms with E-state index in [2.05, 4.69) is 0 Å². The molecule has 5 nitrogen and oxygen atoms in total. The number of ether oxygens (including phenoxy) is 3. The van der Waals surface area contributed by atoms with Crippen molar-refractivity contribution in [3.8, 4) is 22.6 Å². The van der Waals surface area contributed by atoms with Crippen molar-refractivity contribution < 1.29 is 23.8 Å². The second kappa shape index (κ2) is 5.63. The van der Waals surface area contributed by atoms with E-state index in [9.17, 15) is 9.59 Å². The van der Waals surface area contributed by atoms with Crippen LogP contribution < -0.4 is 9.47 Å². The monoisotopic (exact) mass is 334 g/mol. The molecule has 124 valence electrons. The van der Waals surface area contributed by atoms with Gasteiger partial charge in [0.15, 0.2) is 0 Å². The van der Waals surface area contributed by atoms with Crippen LogP contribution in [0.15, 0.2) is 48.5 Å². The predicted molar refractivity (Wildman–Crippen MR) is 92.2 cm³/mol. The lowest BCUT2D eigenvalue weighted by Crippen LogP contribution is -2.00. The van der Waals surface area contributed by atoms with Crippen LogP contribution in [-0.2, 0) is 4.74 Å². The largest absolute Gasteiger partial charge is 0.496 e. The number of carbonyl (C=O) groups is 2. The van der Waals surface area contributed by atoms with Crippen LogP contribution in [0.25, 0.3) is 21.9 Å². The molecular formula is C20H14O5. The molecule has 0 fully saturated rings. The Morgan fingerprint density at radius 1 is 0.720 bits per heavy atom. The van der Waals surface area contributed by atoms with Crippen molar-refractivity contribution in [3.05, 3.63) is 59.7 Å². The number of rotatable bonds is 3. The minimum absolute atomic E-state index is 0.239. The van der Waals surface area contributed by atoms with Gasteiger partial charge in [-0.05, 0) is 23.6 Å². The Morgan fingerprint density at radius 3 is 2.20 bits per heavy atom. The number of cyclic esters (lactones) is 2. The van der Waals surface area contributed by atoms with Crippen LogP contribution in [0.5, 0.6) is 11.5 Å². The molecule has 0 bridgehead atoms. The first-order valence-corrected chi connectivity index (χ1v) is 7.69. The fourth-order valence-corrected chi connectivity index (χ4v) is 3.27. The highest BCUT2D eigenvalue weighted by atomic mass is 16.6. The molecule has 0 unspecified atom stereocenters. The topological polar surface area (TPSA) is 61.8 Å². The molecule has 0 spiro atoms. The number of methoxy groups -OCH3 is 2. The van der Waals surface area contributed by atoms with Crippen LogP contribution in [0.3, 0.4) is 0 Å².